The molecule has 6 heteroatoms. The highest BCUT2D eigenvalue weighted by Gasteiger charge is 2.30. The van der Waals surface area contributed by atoms with Crippen LogP contribution >= 0.6 is 34.8 Å². The lowest BCUT2D eigenvalue weighted by atomic mass is 9.76. The Morgan fingerprint density at radius 2 is 1.62 bits per heavy atom. The second-order valence-corrected chi connectivity index (χ2v) is 9.31. The van der Waals surface area contributed by atoms with Crippen molar-refractivity contribution in [2.75, 3.05) is 20.6 Å². The van der Waals surface area contributed by atoms with Gasteiger partial charge in [0.2, 0.25) is 0 Å². The minimum atomic E-state index is -0.241. The van der Waals surface area contributed by atoms with E-state index in [1.165, 1.54) is 5.56 Å². The van der Waals surface area contributed by atoms with Gasteiger partial charge in [-0.3, -0.25) is 4.79 Å². The molecule has 3 rings (SSSR count). The topological polar surface area (TPSA) is 32.3 Å². The van der Waals surface area contributed by atoms with E-state index in [4.69, 9.17) is 34.8 Å². The van der Waals surface area contributed by atoms with Crippen molar-refractivity contribution in [3.8, 4) is 0 Å². The van der Waals surface area contributed by atoms with Gasteiger partial charge in [-0.2, -0.15) is 0 Å². The molecule has 0 aromatic heterocycles. The van der Waals surface area contributed by atoms with Crippen molar-refractivity contribution in [3.05, 3.63) is 68.7 Å². The molecule has 1 amide bonds. The molecular formula is C23H27Cl3N2O. The second-order valence-electron chi connectivity index (χ2n) is 8.05. The summed E-state index contributed by atoms with van der Waals surface area (Å²) in [7, 11) is 4.31. The Hall–Kier alpha value is -1.26. The molecule has 1 fully saturated rings. The molecule has 1 aliphatic rings. The standard InChI is InChI=1S/C23H27Cl3N2O/c1-28(2)22(16-6-4-3-5-7-16)17-10-8-15(9-11-17)14-27-23(29)21-19(25)12-18(24)13-20(21)26/h3-7,12-13,15,17,22H,8-11,14H2,1-2H3,(H,27,29). The maximum absolute atomic E-state index is 12.6. The minimum absolute atomic E-state index is 0.241. The molecule has 1 aliphatic carbocycles. The Bertz CT molecular complexity index is 810. The van der Waals surface area contributed by atoms with E-state index in [1.54, 1.807) is 12.1 Å². The summed E-state index contributed by atoms with van der Waals surface area (Å²) in [6, 6.07) is 14.2. The van der Waals surface area contributed by atoms with Gasteiger partial charge in [-0.25, -0.2) is 0 Å². The number of hydrogen-bond acceptors (Lipinski definition) is 2. The molecule has 29 heavy (non-hydrogen) atoms. The van der Waals surface area contributed by atoms with Crippen LogP contribution in [-0.4, -0.2) is 31.4 Å². The smallest absolute Gasteiger partial charge is 0.254 e. The molecule has 0 aliphatic heterocycles. The normalized spacial score (nSPS) is 20.5. The Kier molecular flexibility index (Phi) is 7.86. The first-order chi connectivity index (χ1) is 13.9. The van der Waals surface area contributed by atoms with Crippen molar-refractivity contribution >= 4 is 40.7 Å². The van der Waals surface area contributed by atoms with Gasteiger partial charge in [-0.05, 0) is 69.3 Å². The molecule has 0 spiro atoms. The quantitative estimate of drug-likeness (QED) is 0.542. The van der Waals surface area contributed by atoms with Crippen molar-refractivity contribution in [2.45, 2.75) is 31.7 Å². The third-order valence-corrected chi connectivity index (χ3v) is 6.64. The van der Waals surface area contributed by atoms with E-state index < -0.39 is 0 Å². The summed E-state index contributed by atoms with van der Waals surface area (Å²) < 4.78 is 0. The Balaban J connectivity index is 1.55. The predicted octanol–water partition coefficient (Wildman–Crippen LogP) is 6.49. The Morgan fingerprint density at radius 3 is 2.17 bits per heavy atom. The second kappa shape index (κ2) is 10.2. The van der Waals surface area contributed by atoms with Crippen LogP contribution in [0.2, 0.25) is 15.1 Å². The highest BCUT2D eigenvalue weighted by Crippen LogP contribution is 2.39. The lowest BCUT2D eigenvalue weighted by Gasteiger charge is -2.37. The number of nitrogens with zero attached hydrogens (tertiary/aromatic N) is 1. The average molecular weight is 454 g/mol. The monoisotopic (exact) mass is 452 g/mol. The van der Waals surface area contributed by atoms with Crippen molar-refractivity contribution in [3.63, 3.8) is 0 Å². The van der Waals surface area contributed by atoms with Gasteiger partial charge in [-0.15, -0.1) is 0 Å². The van der Waals surface area contributed by atoms with Crippen molar-refractivity contribution in [1.29, 1.82) is 0 Å². The first-order valence-corrected chi connectivity index (χ1v) is 11.1. The molecule has 0 radical (unpaired) electrons. The van der Waals surface area contributed by atoms with E-state index >= 15 is 0 Å². The minimum Gasteiger partial charge on any atom is -0.352 e. The van der Waals surface area contributed by atoms with Gasteiger partial charge < -0.3 is 10.2 Å². The molecule has 0 bridgehead atoms. The summed E-state index contributed by atoms with van der Waals surface area (Å²) >= 11 is 18.2. The summed E-state index contributed by atoms with van der Waals surface area (Å²) in [4.78, 5) is 14.9. The fourth-order valence-electron chi connectivity index (χ4n) is 4.43. The van der Waals surface area contributed by atoms with E-state index in [0.29, 0.717) is 35.0 Å². The molecular weight excluding hydrogens is 427 g/mol. The van der Waals surface area contributed by atoms with Crippen LogP contribution in [-0.2, 0) is 0 Å². The number of halogens is 3. The van der Waals surface area contributed by atoms with Crippen molar-refractivity contribution < 1.29 is 4.79 Å². The fourth-order valence-corrected chi connectivity index (χ4v) is 5.42. The predicted molar refractivity (Wildman–Crippen MR) is 122 cm³/mol. The molecule has 2 aromatic carbocycles. The van der Waals surface area contributed by atoms with Crippen molar-refractivity contribution in [2.24, 2.45) is 11.8 Å². The summed E-state index contributed by atoms with van der Waals surface area (Å²) in [6.07, 6.45) is 4.51. The van der Waals surface area contributed by atoms with Crippen LogP contribution in [0.1, 0.15) is 47.6 Å². The fraction of sp³-hybridized carbons (Fsp3) is 0.435. The molecule has 2 aromatic rings. The summed E-state index contributed by atoms with van der Waals surface area (Å²) in [5.41, 5.74) is 1.67. The number of carbonyl (C=O) groups excluding carboxylic acids is 1. The number of rotatable bonds is 6. The Morgan fingerprint density at radius 1 is 1.03 bits per heavy atom. The van der Waals surface area contributed by atoms with Crippen LogP contribution in [0.4, 0.5) is 0 Å². The lowest BCUT2D eigenvalue weighted by Crippen LogP contribution is -2.34. The first kappa shape index (κ1) is 22.4. The number of benzene rings is 2. The maximum atomic E-state index is 12.6. The number of hydrogen-bond donors (Lipinski definition) is 1. The Labute approximate surface area is 188 Å². The summed E-state index contributed by atoms with van der Waals surface area (Å²) in [5.74, 6) is 0.854. The van der Waals surface area contributed by atoms with Crippen LogP contribution in [0.3, 0.4) is 0 Å². The van der Waals surface area contributed by atoms with Crippen LogP contribution in [0.5, 0.6) is 0 Å². The lowest BCUT2D eigenvalue weighted by molar-refractivity contribution is 0.0934. The third kappa shape index (κ3) is 5.67. The van der Waals surface area contributed by atoms with Crippen LogP contribution in [0.25, 0.3) is 0 Å². The molecule has 1 atom stereocenters. The van der Waals surface area contributed by atoms with E-state index in [9.17, 15) is 4.79 Å². The molecule has 1 N–H and O–H groups in total. The van der Waals surface area contributed by atoms with Crippen LogP contribution in [0, 0.1) is 11.8 Å². The summed E-state index contributed by atoms with van der Waals surface area (Å²) in [6.45, 7) is 0.638. The molecule has 1 unspecified atom stereocenters. The van der Waals surface area contributed by atoms with E-state index in [-0.39, 0.29) is 16.0 Å². The average Bonchev–Trinajstić information content (AvgIpc) is 2.67. The number of carbonyl (C=O) groups is 1. The zero-order chi connectivity index (χ0) is 21.0. The first-order valence-electron chi connectivity index (χ1n) is 10.0. The molecule has 3 nitrogen and oxygen atoms in total. The van der Waals surface area contributed by atoms with Gasteiger partial charge in [0, 0.05) is 17.6 Å². The highest BCUT2D eigenvalue weighted by molar-refractivity contribution is 6.42. The van der Waals surface area contributed by atoms with E-state index in [0.717, 1.165) is 25.7 Å². The number of amides is 1. The van der Waals surface area contributed by atoms with Crippen molar-refractivity contribution in [1.82, 2.24) is 10.2 Å². The number of nitrogens with one attached hydrogen (secondary N) is 1. The zero-order valence-corrected chi connectivity index (χ0v) is 19.1. The summed E-state index contributed by atoms with van der Waals surface area (Å²) in [5, 5.41) is 3.98. The molecule has 0 saturated heterocycles. The SMILES string of the molecule is CN(C)C(c1ccccc1)C1CCC(CNC(=O)c2c(Cl)cc(Cl)cc2Cl)CC1. The van der Waals surface area contributed by atoms with Gasteiger partial charge in [0.1, 0.15) is 0 Å². The van der Waals surface area contributed by atoms with E-state index in [2.05, 4.69) is 54.6 Å². The third-order valence-electron chi connectivity index (χ3n) is 5.82. The van der Waals surface area contributed by atoms with E-state index in [1.807, 2.05) is 0 Å². The van der Waals surface area contributed by atoms with Crippen LogP contribution < -0.4 is 5.32 Å². The highest BCUT2D eigenvalue weighted by atomic mass is 35.5. The maximum Gasteiger partial charge on any atom is 0.254 e. The molecule has 156 valence electrons. The van der Waals surface area contributed by atoms with Gasteiger partial charge in [-0.1, -0.05) is 65.1 Å². The zero-order valence-electron chi connectivity index (χ0n) is 16.8. The van der Waals surface area contributed by atoms with Gasteiger partial charge in [0.15, 0.2) is 0 Å². The van der Waals surface area contributed by atoms with Gasteiger partial charge in [0.25, 0.3) is 5.91 Å². The van der Waals surface area contributed by atoms with Gasteiger partial charge >= 0.3 is 0 Å². The van der Waals surface area contributed by atoms with Gasteiger partial charge in [0.05, 0.1) is 15.6 Å². The van der Waals surface area contributed by atoms with Crippen LogP contribution in [0.15, 0.2) is 42.5 Å². The molecule has 0 heterocycles. The molecule has 1 saturated carbocycles. The largest absolute Gasteiger partial charge is 0.352 e.